The number of carbonyl (C=O) groups excluding carboxylic acids is 1. The minimum absolute atomic E-state index is 0.0196. The predicted octanol–water partition coefficient (Wildman–Crippen LogP) is 4.49. The van der Waals surface area contributed by atoms with E-state index in [0.29, 0.717) is 16.7 Å². The molecule has 3 N–H and O–H groups in total. The lowest BCUT2D eigenvalue weighted by molar-refractivity contribution is 0.101. The van der Waals surface area contributed by atoms with E-state index in [9.17, 15) is 4.79 Å². The number of rotatable bonds is 6. The third-order valence-electron chi connectivity index (χ3n) is 4.60. The van der Waals surface area contributed by atoms with Crippen LogP contribution in [0.25, 0.3) is 0 Å². The van der Waals surface area contributed by atoms with Crippen LogP contribution in [0, 0.1) is 11.3 Å². The Balaban J connectivity index is 2.04. The van der Waals surface area contributed by atoms with Crippen molar-refractivity contribution in [2.75, 3.05) is 17.6 Å². The second-order valence-corrected chi connectivity index (χ2v) is 7.02. The van der Waals surface area contributed by atoms with Gasteiger partial charge < -0.3 is 11.1 Å². The summed E-state index contributed by atoms with van der Waals surface area (Å²) < 4.78 is 0. The molecule has 1 saturated carbocycles. The molecule has 3 heteroatoms. The van der Waals surface area contributed by atoms with Crippen LogP contribution in [0.2, 0.25) is 0 Å². The highest BCUT2D eigenvalue weighted by Crippen LogP contribution is 2.43. The summed E-state index contributed by atoms with van der Waals surface area (Å²) in [7, 11) is 0. The number of carbonyl (C=O) groups is 1. The van der Waals surface area contributed by atoms with Crippen LogP contribution in [0.4, 0.5) is 11.4 Å². The molecule has 3 nitrogen and oxygen atoms in total. The number of ketones is 1. The Hall–Kier alpha value is -1.51. The molecular weight excluding hydrogens is 260 g/mol. The Morgan fingerprint density at radius 3 is 2.52 bits per heavy atom. The summed E-state index contributed by atoms with van der Waals surface area (Å²) in [6.07, 6.45) is 6.61. The van der Waals surface area contributed by atoms with Crippen molar-refractivity contribution in [2.24, 2.45) is 11.3 Å². The number of nitrogens with one attached hydrogen (secondary N) is 1. The topological polar surface area (TPSA) is 55.1 Å². The summed E-state index contributed by atoms with van der Waals surface area (Å²) in [5.41, 5.74) is 8.59. The minimum Gasteiger partial charge on any atom is -0.398 e. The molecule has 0 spiro atoms. The second-order valence-electron chi connectivity index (χ2n) is 7.02. The SMILES string of the molecule is CC(=O)c1ccc(NCC2(CC(C)C)CCCC2)cc1N. The number of Topliss-reactive ketones (excluding diaryl/α,β-unsaturated/α-hetero) is 1. The molecule has 0 atom stereocenters. The smallest absolute Gasteiger partial charge is 0.161 e. The molecule has 0 heterocycles. The van der Waals surface area contributed by atoms with E-state index in [0.717, 1.165) is 18.2 Å². The second kappa shape index (κ2) is 6.50. The van der Waals surface area contributed by atoms with E-state index in [1.165, 1.54) is 32.1 Å². The van der Waals surface area contributed by atoms with Gasteiger partial charge in [0.15, 0.2) is 5.78 Å². The summed E-state index contributed by atoms with van der Waals surface area (Å²) >= 11 is 0. The fraction of sp³-hybridized carbons (Fsp3) is 0.611. The number of anilines is 2. The van der Waals surface area contributed by atoms with Gasteiger partial charge in [-0.25, -0.2) is 0 Å². The average molecular weight is 288 g/mol. The molecule has 0 radical (unpaired) electrons. The van der Waals surface area contributed by atoms with Gasteiger partial charge in [0.25, 0.3) is 0 Å². The van der Waals surface area contributed by atoms with Gasteiger partial charge in [0.2, 0.25) is 0 Å². The summed E-state index contributed by atoms with van der Waals surface area (Å²) in [4.78, 5) is 11.4. The molecule has 0 aliphatic heterocycles. The summed E-state index contributed by atoms with van der Waals surface area (Å²) in [5.74, 6) is 0.751. The number of benzene rings is 1. The highest BCUT2D eigenvalue weighted by molar-refractivity contribution is 5.99. The third kappa shape index (κ3) is 3.99. The first-order chi connectivity index (χ1) is 9.92. The molecule has 21 heavy (non-hydrogen) atoms. The van der Waals surface area contributed by atoms with E-state index in [2.05, 4.69) is 19.2 Å². The third-order valence-corrected chi connectivity index (χ3v) is 4.60. The Morgan fingerprint density at radius 1 is 1.33 bits per heavy atom. The van der Waals surface area contributed by atoms with Crippen LogP contribution < -0.4 is 11.1 Å². The maximum atomic E-state index is 11.4. The number of hydrogen-bond donors (Lipinski definition) is 2. The Bertz CT molecular complexity index is 502. The average Bonchev–Trinajstić information content (AvgIpc) is 2.84. The van der Waals surface area contributed by atoms with Crippen LogP contribution in [0.5, 0.6) is 0 Å². The monoisotopic (exact) mass is 288 g/mol. The van der Waals surface area contributed by atoms with E-state index >= 15 is 0 Å². The van der Waals surface area contributed by atoms with Crippen molar-refractivity contribution in [3.63, 3.8) is 0 Å². The van der Waals surface area contributed by atoms with Gasteiger partial charge in [0.1, 0.15) is 0 Å². The zero-order valence-corrected chi connectivity index (χ0v) is 13.5. The Morgan fingerprint density at radius 2 is 2.00 bits per heavy atom. The molecule has 0 bridgehead atoms. The first-order valence-electron chi connectivity index (χ1n) is 8.06. The number of hydrogen-bond acceptors (Lipinski definition) is 3. The lowest BCUT2D eigenvalue weighted by atomic mass is 9.78. The highest BCUT2D eigenvalue weighted by atomic mass is 16.1. The molecule has 1 aromatic carbocycles. The lowest BCUT2D eigenvalue weighted by Crippen LogP contribution is -2.28. The zero-order valence-electron chi connectivity index (χ0n) is 13.5. The van der Waals surface area contributed by atoms with Crippen molar-refractivity contribution in [1.29, 1.82) is 0 Å². The van der Waals surface area contributed by atoms with E-state index in [-0.39, 0.29) is 5.78 Å². The Kier molecular flexibility index (Phi) is 4.92. The molecule has 0 saturated heterocycles. The van der Waals surface area contributed by atoms with Gasteiger partial charge in [0, 0.05) is 23.5 Å². The maximum Gasteiger partial charge on any atom is 0.161 e. The molecule has 0 unspecified atom stereocenters. The predicted molar refractivity (Wildman–Crippen MR) is 89.7 cm³/mol. The summed E-state index contributed by atoms with van der Waals surface area (Å²) in [5, 5.41) is 3.55. The standard InChI is InChI=1S/C18H28N2O/c1-13(2)11-18(8-4-5-9-18)12-20-15-6-7-16(14(3)21)17(19)10-15/h6-7,10,13,20H,4-5,8-9,11-12,19H2,1-3H3. The molecular formula is C18H28N2O. The van der Waals surface area contributed by atoms with Gasteiger partial charge in [-0.05, 0) is 55.7 Å². The highest BCUT2D eigenvalue weighted by Gasteiger charge is 2.34. The van der Waals surface area contributed by atoms with Gasteiger partial charge in [-0.15, -0.1) is 0 Å². The van der Waals surface area contributed by atoms with Gasteiger partial charge in [-0.3, -0.25) is 4.79 Å². The molecule has 0 aromatic heterocycles. The quantitative estimate of drug-likeness (QED) is 0.599. The van der Waals surface area contributed by atoms with Crippen molar-refractivity contribution in [3.05, 3.63) is 23.8 Å². The molecule has 1 fully saturated rings. The largest absolute Gasteiger partial charge is 0.398 e. The molecule has 0 amide bonds. The molecule has 1 aromatic rings. The van der Waals surface area contributed by atoms with Crippen LogP contribution in [0.15, 0.2) is 18.2 Å². The first-order valence-corrected chi connectivity index (χ1v) is 8.06. The van der Waals surface area contributed by atoms with Crippen molar-refractivity contribution >= 4 is 17.2 Å². The zero-order chi connectivity index (χ0) is 15.5. The van der Waals surface area contributed by atoms with Crippen LogP contribution in [0.3, 0.4) is 0 Å². The molecule has 116 valence electrons. The fourth-order valence-corrected chi connectivity index (χ4v) is 3.73. The van der Waals surface area contributed by atoms with Gasteiger partial charge >= 0.3 is 0 Å². The molecule has 2 rings (SSSR count). The van der Waals surface area contributed by atoms with Crippen molar-refractivity contribution in [2.45, 2.75) is 52.9 Å². The van der Waals surface area contributed by atoms with Crippen molar-refractivity contribution < 1.29 is 4.79 Å². The normalized spacial score (nSPS) is 17.1. The van der Waals surface area contributed by atoms with E-state index < -0.39 is 0 Å². The van der Waals surface area contributed by atoms with Crippen LogP contribution >= 0.6 is 0 Å². The summed E-state index contributed by atoms with van der Waals surface area (Å²) in [6, 6.07) is 5.67. The van der Waals surface area contributed by atoms with Crippen LogP contribution in [0.1, 0.15) is 63.2 Å². The van der Waals surface area contributed by atoms with Crippen molar-refractivity contribution in [1.82, 2.24) is 0 Å². The van der Waals surface area contributed by atoms with Crippen LogP contribution in [-0.2, 0) is 0 Å². The molecule has 1 aliphatic carbocycles. The minimum atomic E-state index is 0.0196. The maximum absolute atomic E-state index is 11.4. The first kappa shape index (κ1) is 15.9. The van der Waals surface area contributed by atoms with E-state index in [4.69, 9.17) is 5.73 Å². The van der Waals surface area contributed by atoms with Crippen molar-refractivity contribution in [3.8, 4) is 0 Å². The lowest BCUT2D eigenvalue weighted by Gasteiger charge is -2.31. The van der Waals surface area contributed by atoms with E-state index in [1.807, 2.05) is 18.2 Å². The Labute approximate surface area is 128 Å². The van der Waals surface area contributed by atoms with Crippen LogP contribution in [-0.4, -0.2) is 12.3 Å². The number of nitrogens with two attached hydrogens (primary N) is 1. The van der Waals surface area contributed by atoms with Gasteiger partial charge in [-0.1, -0.05) is 26.7 Å². The van der Waals surface area contributed by atoms with E-state index in [1.54, 1.807) is 6.92 Å². The summed E-state index contributed by atoms with van der Waals surface area (Å²) in [6.45, 7) is 7.17. The number of nitrogen functional groups attached to an aromatic ring is 1. The fourth-order valence-electron chi connectivity index (χ4n) is 3.73. The van der Waals surface area contributed by atoms with Gasteiger partial charge in [-0.2, -0.15) is 0 Å². The molecule has 1 aliphatic rings. The van der Waals surface area contributed by atoms with Gasteiger partial charge in [0.05, 0.1) is 0 Å².